The first-order chi connectivity index (χ1) is 9.75. The minimum atomic E-state index is 0.0512. The molecule has 2 aromatic rings. The van der Waals surface area contributed by atoms with Crippen LogP contribution in [-0.2, 0) is 11.8 Å². The van der Waals surface area contributed by atoms with E-state index < -0.39 is 0 Å². The molecule has 1 aromatic carbocycles. The SMILES string of the molecule is Cn1c(S[C@@H]2CCCCC2=O)nnc1-c1ccccc1. The van der Waals surface area contributed by atoms with Gasteiger partial charge in [-0.1, -0.05) is 48.5 Å². The number of hydrogen-bond acceptors (Lipinski definition) is 4. The highest BCUT2D eigenvalue weighted by molar-refractivity contribution is 8.00. The van der Waals surface area contributed by atoms with Gasteiger partial charge >= 0.3 is 0 Å². The molecule has 0 spiro atoms. The zero-order valence-corrected chi connectivity index (χ0v) is 12.3. The van der Waals surface area contributed by atoms with E-state index in [2.05, 4.69) is 10.2 Å². The van der Waals surface area contributed by atoms with Gasteiger partial charge in [0.15, 0.2) is 11.0 Å². The van der Waals surface area contributed by atoms with Gasteiger partial charge in [0.2, 0.25) is 0 Å². The van der Waals surface area contributed by atoms with Crippen LogP contribution in [0.25, 0.3) is 11.4 Å². The first-order valence-corrected chi connectivity index (χ1v) is 7.78. The molecule has 0 unspecified atom stereocenters. The number of rotatable bonds is 3. The summed E-state index contributed by atoms with van der Waals surface area (Å²) in [7, 11) is 1.96. The van der Waals surface area contributed by atoms with E-state index in [1.165, 1.54) is 0 Å². The number of carbonyl (C=O) groups excluding carboxylic acids is 1. The van der Waals surface area contributed by atoms with Crippen molar-refractivity contribution in [2.24, 2.45) is 7.05 Å². The van der Waals surface area contributed by atoms with Crippen LogP contribution in [0, 0.1) is 0 Å². The number of benzene rings is 1. The van der Waals surface area contributed by atoms with Gasteiger partial charge in [-0.3, -0.25) is 4.79 Å². The Bertz CT molecular complexity index is 609. The van der Waals surface area contributed by atoms with E-state index in [4.69, 9.17) is 0 Å². The van der Waals surface area contributed by atoms with E-state index >= 15 is 0 Å². The molecule has 1 saturated carbocycles. The van der Waals surface area contributed by atoms with Crippen molar-refractivity contribution in [3.8, 4) is 11.4 Å². The van der Waals surface area contributed by atoms with Gasteiger partial charge in [0.25, 0.3) is 0 Å². The summed E-state index contributed by atoms with van der Waals surface area (Å²) in [5.74, 6) is 1.20. The molecule has 4 nitrogen and oxygen atoms in total. The summed E-state index contributed by atoms with van der Waals surface area (Å²) in [6.07, 6.45) is 3.83. The Labute approximate surface area is 122 Å². The lowest BCUT2D eigenvalue weighted by atomic mass is 9.99. The Morgan fingerprint density at radius 1 is 1.20 bits per heavy atom. The fourth-order valence-corrected chi connectivity index (χ4v) is 3.58. The third-order valence-electron chi connectivity index (χ3n) is 3.61. The molecule has 3 rings (SSSR count). The summed E-state index contributed by atoms with van der Waals surface area (Å²) in [4.78, 5) is 11.9. The summed E-state index contributed by atoms with van der Waals surface area (Å²) < 4.78 is 1.97. The summed E-state index contributed by atoms with van der Waals surface area (Å²) in [6, 6.07) is 9.99. The van der Waals surface area contributed by atoms with Crippen LogP contribution in [0.5, 0.6) is 0 Å². The molecule has 0 radical (unpaired) electrons. The summed E-state index contributed by atoms with van der Waals surface area (Å²) in [5.41, 5.74) is 1.05. The second-order valence-electron chi connectivity index (χ2n) is 5.05. The zero-order chi connectivity index (χ0) is 13.9. The second kappa shape index (κ2) is 5.79. The van der Waals surface area contributed by atoms with Gasteiger partial charge in [-0.2, -0.15) is 0 Å². The molecule has 1 heterocycles. The summed E-state index contributed by atoms with van der Waals surface area (Å²) >= 11 is 1.55. The van der Waals surface area contributed by atoms with Gasteiger partial charge in [-0.05, 0) is 12.8 Å². The lowest BCUT2D eigenvalue weighted by Crippen LogP contribution is -2.21. The molecule has 0 N–H and O–H groups in total. The molecule has 0 saturated heterocycles. The lowest BCUT2D eigenvalue weighted by molar-refractivity contribution is -0.119. The van der Waals surface area contributed by atoms with E-state index in [0.717, 1.165) is 35.8 Å². The quantitative estimate of drug-likeness (QED) is 0.870. The molecule has 0 bridgehead atoms. The fourth-order valence-electron chi connectivity index (χ4n) is 2.46. The van der Waals surface area contributed by atoms with Crippen molar-refractivity contribution in [3.63, 3.8) is 0 Å². The first kappa shape index (κ1) is 13.4. The number of hydrogen-bond donors (Lipinski definition) is 0. The van der Waals surface area contributed by atoms with Gasteiger partial charge in [0.1, 0.15) is 5.78 Å². The molecule has 5 heteroatoms. The maximum atomic E-state index is 11.9. The molecular formula is C15H17N3OS. The van der Waals surface area contributed by atoms with Crippen molar-refractivity contribution in [2.45, 2.75) is 36.1 Å². The average molecular weight is 287 g/mol. The highest BCUT2D eigenvalue weighted by Crippen LogP contribution is 2.31. The van der Waals surface area contributed by atoms with Crippen LogP contribution in [-0.4, -0.2) is 25.8 Å². The van der Waals surface area contributed by atoms with Gasteiger partial charge in [-0.15, -0.1) is 10.2 Å². The average Bonchev–Trinajstić information content (AvgIpc) is 2.84. The predicted molar refractivity (Wildman–Crippen MR) is 79.6 cm³/mol. The Hall–Kier alpha value is -1.62. The van der Waals surface area contributed by atoms with Crippen molar-refractivity contribution in [3.05, 3.63) is 30.3 Å². The Kier molecular flexibility index (Phi) is 3.87. The molecule has 1 aromatic heterocycles. The molecule has 0 amide bonds. The van der Waals surface area contributed by atoms with Crippen LogP contribution in [0.3, 0.4) is 0 Å². The number of ketones is 1. The van der Waals surface area contributed by atoms with Crippen molar-refractivity contribution >= 4 is 17.5 Å². The van der Waals surface area contributed by atoms with Gasteiger partial charge in [0, 0.05) is 19.0 Å². The van der Waals surface area contributed by atoms with Gasteiger partial charge < -0.3 is 4.57 Å². The van der Waals surface area contributed by atoms with Gasteiger partial charge in [-0.25, -0.2) is 0 Å². The van der Waals surface area contributed by atoms with Crippen LogP contribution in [0.2, 0.25) is 0 Å². The number of nitrogens with zero attached hydrogens (tertiary/aromatic N) is 3. The van der Waals surface area contributed by atoms with Crippen LogP contribution < -0.4 is 0 Å². The van der Waals surface area contributed by atoms with E-state index in [9.17, 15) is 4.79 Å². The minimum absolute atomic E-state index is 0.0512. The van der Waals surface area contributed by atoms with Crippen LogP contribution in [0.15, 0.2) is 35.5 Å². The van der Waals surface area contributed by atoms with Crippen molar-refractivity contribution in [1.82, 2.24) is 14.8 Å². The number of thioether (sulfide) groups is 1. The molecule has 1 fully saturated rings. The highest BCUT2D eigenvalue weighted by Gasteiger charge is 2.25. The summed E-state index contributed by atoms with van der Waals surface area (Å²) in [5, 5.41) is 9.38. The van der Waals surface area contributed by atoms with Crippen LogP contribution >= 0.6 is 11.8 Å². The van der Waals surface area contributed by atoms with Crippen molar-refractivity contribution < 1.29 is 4.79 Å². The smallest absolute Gasteiger partial charge is 0.191 e. The van der Waals surface area contributed by atoms with E-state index in [-0.39, 0.29) is 5.25 Å². The monoisotopic (exact) mass is 287 g/mol. The maximum Gasteiger partial charge on any atom is 0.191 e. The molecule has 0 aliphatic heterocycles. The maximum absolute atomic E-state index is 11.9. The predicted octanol–water partition coefficient (Wildman–Crippen LogP) is 3.09. The molecule has 20 heavy (non-hydrogen) atoms. The third kappa shape index (κ3) is 2.63. The second-order valence-corrected chi connectivity index (χ2v) is 6.22. The summed E-state index contributed by atoms with van der Waals surface area (Å²) in [6.45, 7) is 0. The first-order valence-electron chi connectivity index (χ1n) is 6.90. The molecule has 1 aliphatic carbocycles. The number of carbonyl (C=O) groups is 1. The topological polar surface area (TPSA) is 47.8 Å². The standard InChI is InChI=1S/C15H17N3OS/c1-18-14(11-7-3-2-4-8-11)16-17-15(18)20-13-10-6-5-9-12(13)19/h2-4,7-8,13H,5-6,9-10H2,1H3/t13-/m1/s1. The van der Waals surface area contributed by atoms with E-state index in [1.54, 1.807) is 11.8 Å². The minimum Gasteiger partial charge on any atom is -0.305 e. The van der Waals surface area contributed by atoms with E-state index in [0.29, 0.717) is 12.2 Å². The molecule has 1 aliphatic rings. The van der Waals surface area contributed by atoms with Crippen molar-refractivity contribution in [1.29, 1.82) is 0 Å². The highest BCUT2D eigenvalue weighted by atomic mass is 32.2. The third-order valence-corrected chi connectivity index (χ3v) is 4.96. The fraction of sp³-hybridized carbons (Fsp3) is 0.400. The Morgan fingerprint density at radius 3 is 2.75 bits per heavy atom. The van der Waals surface area contributed by atoms with Gasteiger partial charge in [0.05, 0.1) is 5.25 Å². The van der Waals surface area contributed by atoms with E-state index in [1.807, 2.05) is 41.9 Å². The van der Waals surface area contributed by atoms with Crippen molar-refractivity contribution in [2.75, 3.05) is 0 Å². The molecule has 1 atom stereocenters. The number of aromatic nitrogens is 3. The van der Waals surface area contributed by atoms with Crippen LogP contribution in [0.4, 0.5) is 0 Å². The Morgan fingerprint density at radius 2 is 2.00 bits per heavy atom. The Balaban J connectivity index is 1.82. The normalized spacial score (nSPS) is 19.2. The van der Waals surface area contributed by atoms with Crippen LogP contribution in [0.1, 0.15) is 25.7 Å². The number of Topliss-reactive ketones (excluding diaryl/α,β-unsaturated/α-hetero) is 1. The molecule has 104 valence electrons. The lowest BCUT2D eigenvalue weighted by Gasteiger charge is -2.19. The molecular weight excluding hydrogens is 270 g/mol. The largest absolute Gasteiger partial charge is 0.305 e. The zero-order valence-electron chi connectivity index (χ0n) is 11.5.